The Hall–Kier alpha value is -0.640. The van der Waals surface area contributed by atoms with Crippen LogP contribution in [0, 0.1) is 18.7 Å². The van der Waals surface area contributed by atoms with E-state index in [4.69, 9.17) is 5.73 Å². The van der Waals surface area contributed by atoms with Crippen LogP contribution in [0.2, 0.25) is 0 Å². The van der Waals surface area contributed by atoms with Crippen LogP contribution < -0.4 is 11.1 Å². The molecule has 4 heteroatoms. The summed E-state index contributed by atoms with van der Waals surface area (Å²) in [4.78, 5) is 0. The summed E-state index contributed by atoms with van der Waals surface area (Å²) in [5.41, 5.74) is 7.98. The minimum atomic E-state index is -0.173. The maximum Gasteiger partial charge on any atom is 0.123 e. The molecule has 0 amide bonds. The lowest BCUT2D eigenvalue weighted by Gasteiger charge is -2.30. The second-order valence-corrected chi connectivity index (χ2v) is 5.32. The van der Waals surface area contributed by atoms with E-state index in [1.54, 1.807) is 6.07 Å². The van der Waals surface area contributed by atoms with Crippen LogP contribution in [0.4, 0.5) is 4.39 Å². The van der Waals surface area contributed by atoms with Crippen LogP contribution in [0.3, 0.4) is 0 Å². The van der Waals surface area contributed by atoms with Gasteiger partial charge in [-0.05, 0) is 55.9 Å². The molecule has 0 bridgehead atoms. The molecule has 0 saturated heterocycles. The largest absolute Gasteiger partial charge is 0.329 e. The van der Waals surface area contributed by atoms with Gasteiger partial charge < -0.3 is 11.1 Å². The molecule has 1 fully saturated rings. The third-order valence-corrected chi connectivity index (χ3v) is 3.90. The van der Waals surface area contributed by atoms with Gasteiger partial charge in [0.2, 0.25) is 0 Å². The van der Waals surface area contributed by atoms with Crippen LogP contribution in [0.25, 0.3) is 0 Å². The van der Waals surface area contributed by atoms with E-state index in [-0.39, 0.29) is 23.8 Å². The van der Waals surface area contributed by atoms with E-state index in [0.717, 1.165) is 11.1 Å². The highest BCUT2D eigenvalue weighted by atomic mass is 35.5. The van der Waals surface area contributed by atoms with Crippen LogP contribution >= 0.6 is 12.4 Å². The first-order chi connectivity index (χ1) is 8.05. The van der Waals surface area contributed by atoms with Gasteiger partial charge >= 0.3 is 0 Å². The van der Waals surface area contributed by atoms with Crippen molar-refractivity contribution >= 4 is 12.4 Å². The zero-order valence-electron chi connectivity index (χ0n) is 11.0. The minimum Gasteiger partial charge on any atom is -0.329 e. The second-order valence-electron chi connectivity index (χ2n) is 5.32. The molecule has 0 aliphatic heterocycles. The van der Waals surface area contributed by atoms with Gasteiger partial charge in [0, 0.05) is 18.6 Å². The molecule has 1 aromatic rings. The summed E-state index contributed by atoms with van der Waals surface area (Å²) in [5.74, 6) is 0.509. The Balaban J connectivity index is 0.00000162. The SMILES string of the molecule is Cc1ccc(F)cc1CNC(C)(CN)C1CC1.Cl. The van der Waals surface area contributed by atoms with Crippen molar-refractivity contribution in [1.82, 2.24) is 5.32 Å². The molecule has 1 aliphatic carbocycles. The fourth-order valence-corrected chi connectivity index (χ4v) is 2.23. The molecule has 1 atom stereocenters. The summed E-state index contributed by atoms with van der Waals surface area (Å²) in [6.45, 7) is 5.49. The van der Waals surface area contributed by atoms with Crippen molar-refractivity contribution in [2.45, 2.75) is 38.8 Å². The van der Waals surface area contributed by atoms with E-state index in [0.29, 0.717) is 19.0 Å². The lowest BCUT2D eigenvalue weighted by atomic mass is 9.95. The fraction of sp³-hybridized carbons (Fsp3) is 0.571. The van der Waals surface area contributed by atoms with Crippen molar-refractivity contribution in [2.24, 2.45) is 11.7 Å². The standard InChI is InChI=1S/C14H21FN2.ClH/c1-10-3-6-13(15)7-11(10)8-17-14(2,9-16)12-4-5-12;/h3,6-7,12,17H,4-5,8-9,16H2,1-2H3;1H. The van der Waals surface area contributed by atoms with E-state index >= 15 is 0 Å². The predicted octanol–water partition coefficient (Wildman–Crippen LogP) is 2.77. The molecule has 0 aromatic heterocycles. The quantitative estimate of drug-likeness (QED) is 0.865. The van der Waals surface area contributed by atoms with E-state index in [2.05, 4.69) is 12.2 Å². The molecule has 2 nitrogen and oxygen atoms in total. The van der Waals surface area contributed by atoms with E-state index < -0.39 is 0 Å². The summed E-state index contributed by atoms with van der Waals surface area (Å²) < 4.78 is 13.2. The number of halogens is 2. The molecule has 18 heavy (non-hydrogen) atoms. The molecule has 1 aliphatic rings. The van der Waals surface area contributed by atoms with Gasteiger partial charge in [-0.1, -0.05) is 6.07 Å². The number of nitrogens with one attached hydrogen (secondary N) is 1. The van der Waals surface area contributed by atoms with E-state index in [9.17, 15) is 4.39 Å². The van der Waals surface area contributed by atoms with Crippen LogP contribution in [0.15, 0.2) is 18.2 Å². The summed E-state index contributed by atoms with van der Waals surface area (Å²) in [5, 5.41) is 3.50. The molecule has 102 valence electrons. The summed E-state index contributed by atoms with van der Waals surface area (Å²) in [6, 6.07) is 4.93. The first-order valence-electron chi connectivity index (χ1n) is 6.25. The first-order valence-corrected chi connectivity index (χ1v) is 6.25. The van der Waals surface area contributed by atoms with E-state index in [1.807, 2.05) is 13.0 Å². The molecule has 2 rings (SSSR count). The van der Waals surface area contributed by atoms with Gasteiger partial charge in [0.15, 0.2) is 0 Å². The van der Waals surface area contributed by atoms with Gasteiger partial charge in [0.25, 0.3) is 0 Å². The molecule has 0 radical (unpaired) electrons. The Labute approximate surface area is 115 Å². The summed E-state index contributed by atoms with van der Waals surface area (Å²) >= 11 is 0. The number of rotatable bonds is 5. The maximum absolute atomic E-state index is 13.2. The monoisotopic (exact) mass is 272 g/mol. The Morgan fingerprint density at radius 3 is 2.67 bits per heavy atom. The molecular weight excluding hydrogens is 251 g/mol. The Morgan fingerprint density at radius 1 is 1.44 bits per heavy atom. The Morgan fingerprint density at radius 2 is 2.11 bits per heavy atom. The topological polar surface area (TPSA) is 38.0 Å². The third kappa shape index (κ3) is 3.44. The van der Waals surface area contributed by atoms with Crippen LogP contribution in [-0.2, 0) is 6.54 Å². The van der Waals surface area contributed by atoms with Gasteiger partial charge in [-0.25, -0.2) is 4.39 Å². The van der Waals surface area contributed by atoms with Crippen LogP contribution in [0.5, 0.6) is 0 Å². The predicted molar refractivity (Wildman–Crippen MR) is 75.4 cm³/mol. The van der Waals surface area contributed by atoms with Gasteiger partial charge in [-0.15, -0.1) is 12.4 Å². The molecular formula is C14H22ClFN2. The van der Waals surface area contributed by atoms with Crippen molar-refractivity contribution in [2.75, 3.05) is 6.54 Å². The average Bonchev–Trinajstić information content (AvgIpc) is 3.14. The Bertz CT molecular complexity index is 407. The van der Waals surface area contributed by atoms with Crippen LogP contribution in [0.1, 0.15) is 30.9 Å². The fourth-order valence-electron chi connectivity index (χ4n) is 2.23. The van der Waals surface area contributed by atoms with Crippen molar-refractivity contribution in [3.05, 3.63) is 35.1 Å². The summed E-state index contributed by atoms with van der Waals surface area (Å²) in [6.07, 6.45) is 2.51. The van der Waals surface area contributed by atoms with Gasteiger partial charge in [0.1, 0.15) is 5.82 Å². The third-order valence-electron chi connectivity index (χ3n) is 3.90. The maximum atomic E-state index is 13.2. The van der Waals surface area contributed by atoms with Crippen molar-refractivity contribution in [3.8, 4) is 0 Å². The van der Waals surface area contributed by atoms with Crippen molar-refractivity contribution < 1.29 is 4.39 Å². The normalized spacial score (nSPS) is 18.0. The molecule has 1 aromatic carbocycles. The first kappa shape index (κ1) is 15.4. The second kappa shape index (κ2) is 6.00. The molecule has 3 N–H and O–H groups in total. The lowest BCUT2D eigenvalue weighted by Crippen LogP contribution is -2.50. The highest BCUT2D eigenvalue weighted by Crippen LogP contribution is 2.39. The zero-order valence-corrected chi connectivity index (χ0v) is 11.8. The smallest absolute Gasteiger partial charge is 0.123 e. The van der Waals surface area contributed by atoms with Gasteiger partial charge in [0.05, 0.1) is 0 Å². The van der Waals surface area contributed by atoms with Crippen LogP contribution in [-0.4, -0.2) is 12.1 Å². The van der Waals surface area contributed by atoms with Gasteiger partial charge in [-0.3, -0.25) is 0 Å². The van der Waals surface area contributed by atoms with Crippen molar-refractivity contribution in [3.63, 3.8) is 0 Å². The molecule has 0 spiro atoms. The number of nitrogens with two attached hydrogens (primary N) is 1. The average molecular weight is 273 g/mol. The molecule has 1 unspecified atom stereocenters. The molecule has 1 saturated carbocycles. The number of hydrogen-bond acceptors (Lipinski definition) is 2. The molecule has 0 heterocycles. The summed E-state index contributed by atoms with van der Waals surface area (Å²) in [7, 11) is 0. The van der Waals surface area contributed by atoms with Crippen molar-refractivity contribution in [1.29, 1.82) is 0 Å². The highest BCUT2D eigenvalue weighted by Gasteiger charge is 2.39. The number of aryl methyl sites for hydroxylation is 1. The minimum absolute atomic E-state index is 0. The Kier molecular flexibility index (Phi) is 5.14. The van der Waals surface area contributed by atoms with Gasteiger partial charge in [-0.2, -0.15) is 0 Å². The van der Waals surface area contributed by atoms with E-state index in [1.165, 1.54) is 18.9 Å². The zero-order chi connectivity index (χ0) is 12.5. The highest BCUT2D eigenvalue weighted by molar-refractivity contribution is 5.85. The lowest BCUT2D eigenvalue weighted by molar-refractivity contribution is 0.316. The number of hydrogen-bond donors (Lipinski definition) is 2. The number of benzene rings is 1.